The maximum absolute atomic E-state index is 13.7. The molecule has 1 N–H and O–H groups in total. The molecule has 0 aromatic heterocycles. The van der Waals surface area contributed by atoms with Gasteiger partial charge in [0.25, 0.3) is 5.91 Å². The van der Waals surface area contributed by atoms with Gasteiger partial charge in [-0.25, -0.2) is 0 Å². The minimum atomic E-state index is -0.886. The molecule has 36 heavy (non-hydrogen) atoms. The quantitative estimate of drug-likeness (QED) is 0.554. The van der Waals surface area contributed by atoms with Crippen molar-refractivity contribution in [1.82, 2.24) is 4.90 Å². The summed E-state index contributed by atoms with van der Waals surface area (Å²) in [6.45, 7) is 8.05. The molecule has 7 nitrogen and oxygen atoms in total. The summed E-state index contributed by atoms with van der Waals surface area (Å²) in [5.74, 6) is -2.69. The lowest BCUT2D eigenvalue weighted by atomic mass is 9.84. The Hall–Kier alpha value is -2.84. The molecule has 1 aromatic carbocycles. The first-order valence-electron chi connectivity index (χ1n) is 11.7. The normalized spacial score (nSPS) is 26.3. The highest BCUT2D eigenvalue weighted by Gasteiger charge is 2.49. The van der Waals surface area contributed by atoms with Crippen molar-refractivity contribution >= 4 is 46.2 Å². The first-order valence-corrected chi connectivity index (χ1v) is 13.0. The zero-order valence-corrected chi connectivity index (χ0v) is 22.4. The first kappa shape index (κ1) is 26.2. The highest BCUT2D eigenvalue weighted by Crippen LogP contribution is 2.44. The van der Waals surface area contributed by atoms with E-state index in [1.165, 1.54) is 12.0 Å². The lowest BCUT2D eigenvalue weighted by Crippen LogP contribution is -2.35. The van der Waals surface area contributed by atoms with E-state index in [-0.39, 0.29) is 21.9 Å². The van der Waals surface area contributed by atoms with Crippen LogP contribution in [-0.2, 0) is 24.5 Å². The van der Waals surface area contributed by atoms with Gasteiger partial charge in [0, 0.05) is 11.0 Å². The average molecular weight is 529 g/mol. The van der Waals surface area contributed by atoms with E-state index < -0.39 is 40.9 Å². The summed E-state index contributed by atoms with van der Waals surface area (Å²) in [4.78, 5) is 45.2. The van der Waals surface area contributed by atoms with Crippen LogP contribution in [0.1, 0.15) is 51.3 Å². The van der Waals surface area contributed by atoms with Crippen LogP contribution in [0.3, 0.4) is 0 Å². The molecule has 0 radical (unpaired) electrons. The number of carbonyl (C=O) groups is 3. The molecule has 1 amide bonds. The van der Waals surface area contributed by atoms with Gasteiger partial charge >= 0.3 is 5.97 Å². The molecule has 190 valence electrons. The van der Waals surface area contributed by atoms with Crippen molar-refractivity contribution in [2.75, 3.05) is 7.11 Å². The number of aliphatic hydroxyl groups is 1. The number of rotatable bonds is 4. The Morgan fingerprint density at radius 3 is 2.44 bits per heavy atom. The van der Waals surface area contributed by atoms with Gasteiger partial charge in [0.05, 0.1) is 24.8 Å². The van der Waals surface area contributed by atoms with E-state index in [1.807, 2.05) is 24.3 Å². The van der Waals surface area contributed by atoms with Crippen LogP contribution in [0.15, 0.2) is 63.9 Å². The number of hydrogen-bond acceptors (Lipinski definition) is 7. The molecule has 9 heteroatoms. The third kappa shape index (κ3) is 4.76. The molecule has 4 rings (SSSR count). The van der Waals surface area contributed by atoms with Crippen molar-refractivity contribution in [2.24, 2.45) is 10.9 Å². The highest BCUT2D eigenvalue weighted by molar-refractivity contribution is 8.15. The molecule has 0 spiro atoms. The standard InChI is InChI=1S/C27H29ClN2O5S/c1-14-23(25(34)35-5)36-26(29-14)30-20(15-6-10-17(11-7-15)27(2,3)4)19(22(32)24(30)33)21(31)16-8-12-18(28)13-9-16/h6-8,10-14,16,20,23,32H,9H2,1-5H3. The SMILES string of the molecule is COC(=O)C1SC(N2C(=O)C(O)=C(C(=O)C3C=CC(Cl)=CC3)C2c2ccc(C(C)(C)C)cc2)=NC1C. The fourth-order valence-corrected chi connectivity index (χ4v) is 5.86. The van der Waals surface area contributed by atoms with Gasteiger partial charge in [-0.3, -0.25) is 24.3 Å². The van der Waals surface area contributed by atoms with Gasteiger partial charge in [-0.15, -0.1) is 0 Å². The number of carbonyl (C=O) groups excluding carboxylic acids is 3. The molecule has 1 aliphatic carbocycles. The first-order chi connectivity index (χ1) is 16.9. The van der Waals surface area contributed by atoms with Crippen LogP contribution in [-0.4, -0.2) is 51.2 Å². The third-order valence-corrected chi connectivity index (χ3v) is 8.21. The summed E-state index contributed by atoms with van der Waals surface area (Å²) in [6, 6.07) is 6.33. The van der Waals surface area contributed by atoms with Crippen LogP contribution in [0, 0.1) is 5.92 Å². The fraction of sp³-hybridized carbons (Fsp3) is 0.407. The lowest BCUT2D eigenvalue weighted by molar-refractivity contribution is -0.140. The molecule has 3 aliphatic rings. The van der Waals surface area contributed by atoms with E-state index in [0.717, 1.165) is 17.3 Å². The monoisotopic (exact) mass is 528 g/mol. The molecule has 1 aromatic rings. The van der Waals surface area contributed by atoms with Crippen LogP contribution in [0.2, 0.25) is 0 Å². The highest BCUT2D eigenvalue weighted by atomic mass is 35.5. The van der Waals surface area contributed by atoms with Gasteiger partial charge in [0.2, 0.25) is 0 Å². The van der Waals surface area contributed by atoms with E-state index in [2.05, 4.69) is 25.8 Å². The summed E-state index contributed by atoms with van der Waals surface area (Å²) in [5.41, 5.74) is 1.68. The predicted molar refractivity (Wildman–Crippen MR) is 141 cm³/mol. The number of esters is 1. The zero-order chi connectivity index (χ0) is 26.4. The number of ether oxygens (including phenoxy) is 1. The van der Waals surface area contributed by atoms with Gasteiger partial charge in [-0.2, -0.15) is 0 Å². The number of aliphatic hydroxyl groups excluding tert-OH is 1. The Morgan fingerprint density at radius 1 is 1.22 bits per heavy atom. The number of methoxy groups -OCH3 is 1. The summed E-state index contributed by atoms with van der Waals surface area (Å²) in [6.07, 6.45) is 5.44. The van der Waals surface area contributed by atoms with Crippen molar-refractivity contribution in [3.8, 4) is 0 Å². The Balaban J connectivity index is 1.77. The molecule has 2 heterocycles. The predicted octanol–water partition coefficient (Wildman–Crippen LogP) is 4.98. The Labute approximate surface area is 219 Å². The number of hydrogen-bond donors (Lipinski definition) is 1. The van der Waals surface area contributed by atoms with Gasteiger partial charge in [0.15, 0.2) is 16.7 Å². The lowest BCUT2D eigenvalue weighted by Gasteiger charge is -2.28. The number of thioether (sulfide) groups is 1. The maximum atomic E-state index is 13.7. The van der Waals surface area contributed by atoms with Gasteiger partial charge < -0.3 is 9.84 Å². The van der Waals surface area contributed by atoms with E-state index in [1.54, 1.807) is 25.2 Å². The Bertz CT molecular complexity index is 1230. The number of nitrogens with zero attached hydrogens (tertiary/aromatic N) is 2. The van der Waals surface area contributed by atoms with Gasteiger partial charge in [-0.05, 0) is 36.0 Å². The van der Waals surface area contributed by atoms with Crippen molar-refractivity contribution < 1.29 is 24.2 Å². The van der Waals surface area contributed by atoms with Crippen molar-refractivity contribution in [3.63, 3.8) is 0 Å². The second-order valence-corrected chi connectivity index (χ2v) is 11.6. The summed E-state index contributed by atoms with van der Waals surface area (Å²) in [7, 11) is 1.30. The van der Waals surface area contributed by atoms with Crippen LogP contribution in [0.5, 0.6) is 0 Å². The number of Topliss-reactive ketones (excluding diaryl/α,β-unsaturated/α-hetero) is 1. The second-order valence-electron chi connectivity index (χ2n) is 10.1. The molecule has 4 atom stereocenters. The maximum Gasteiger partial charge on any atom is 0.321 e. The van der Waals surface area contributed by atoms with Gasteiger partial charge in [-0.1, -0.05) is 80.6 Å². The number of aliphatic imine (C=N–C) groups is 1. The van der Waals surface area contributed by atoms with E-state index in [4.69, 9.17) is 16.3 Å². The van der Waals surface area contributed by atoms with Crippen LogP contribution < -0.4 is 0 Å². The smallest absolute Gasteiger partial charge is 0.321 e. The van der Waals surface area contributed by atoms with Crippen LogP contribution >= 0.6 is 23.4 Å². The molecular weight excluding hydrogens is 500 g/mol. The Morgan fingerprint density at radius 2 is 1.89 bits per heavy atom. The van der Waals surface area contributed by atoms with Gasteiger partial charge in [0.1, 0.15) is 5.25 Å². The van der Waals surface area contributed by atoms with Crippen LogP contribution in [0.25, 0.3) is 0 Å². The minimum absolute atomic E-state index is 0.0158. The van der Waals surface area contributed by atoms with Crippen molar-refractivity contribution in [2.45, 2.75) is 56.9 Å². The fourth-order valence-electron chi connectivity index (χ4n) is 4.49. The van der Waals surface area contributed by atoms with Crippen molar-refractivity contribution in [3.05, 3.63) is 70.0 Å². The molecular formula is C27H29ClN2O5S. The zero-order valence-electron chi connectivity index (χ0n) is 20.8. The summed E-state index contributed by atoms with van der Waals surface area (Å²) < 4.78 is 4.89. The largest absolute Gasteiger partial charge is 0.503 e. The van der Waals surface area contributed by atoms with E-state index >= 15 is 0 Å². The molecule has 0 bridgehead atoms. The summed E-state index contributed by atoms with van der Waals surface area (Å²) in [5, 5.41) is 11.2. The van der Waals surface area contributed by atoms with E-state index in [9.17, 15) is 19.5 Å². The number of amidine groups is 1. The number of benzene rings is 1. The molecule has 4 unspecified atom stereocenters. The third-order valence-electron chi connectivity index (χ3n) is 6.58. The minimum Gasteiger partial charge on any atom is -0.503 e. The molecule has 0 fully saturated rings. The van der Waals surface area contributed by atoms with Crippen molar-refractivity contribution in [1.29, 1.82) is 0 Å². The Kier molecular flexibility index (Phi) is 7.21. The summed E-state index contributed by atoms with van der Waals surface area (Å²) >= 11 is 7.13. The average Bonchev–Trinajstić information content (AvgIpc) is 3.35. The number of amides is 1. The molecule has 0 saturated carbocycles. The second kappa shape index (κ2) is 9.90. The van der Waals surface area contributed by atoms with E-state index in [0.29, 0.717) is 17.0 Å². The number of allylic oxidation sites excluding steroid dienone is 4. The van der Waals surface area contributed by atoms with Crippen LogP contribution in [0.4, 0.5) is 0 Å². The molecule has 0 saturated heterocycles. The molecule has 2 aliphatic heterocycles. The topological polar surface area (TPSA) is 96.3 Å². The number of ketones is 1. The number of halogens is 1.